The summed E-state index contributed by atoms with van der Waals surface area (Å²) in [5, 5.41) is 5.45. The predicted molar refractivity (Wildman–Crippen MR) is 90.4 cm³/mol. The highest BCUT2D eigenvalue weighted by Crippen LogP contribution is 2.24. The van der Waals surface area contributed by atoms with Gasteiger partial charge in [-0.15, -0.1) is 11.3 Å². The Kier molecular flexibility index (Phi) is 4.01. The molecule has 0 bridgehead atoms. The van der Waals surface area contributed by atoms with Gasteiger partial charge in [0.2, 0.25) is 0 Å². The van der Waals surface area contributed by atoms with Gasteiger partial charge in [0.25, 0.3) is 0 Å². The van der Waals surface area contributed by atoms with E-state index in [4.69, 9.17) is 0 Å². The molecule has 0 atom stereocenters. The van der Waals surface area contributed by atoms with Crippen LogP contribution < -0.4 is 10.2 Å². The van der Waals surface area contributed by atoms with Crippen molar-refractivity contribution in [3.8, 4) is 0 Å². The molecule has 3 aromatic rings. The van der Waals surface area contributed by atoms with Crippen LogP contribution in [-0.4, -0.2) is 30.6 Å². The van der Waals surface area contributed by atoms with Crippen LogP contribution in [0.4, 0.5) is 11.5 Å². The van der Waals surface area contributed by atoms with E-state index < -0.39 is 0 Å². The zero-order chi connectivity index (χ0) is 14.7. The zero-order valence-corrected chi connectivity index (χ0v) is 13.0. The van der Waals surface area contributed by atoms with E-state index in [1.807, 2.05) is 11.4 Å². The Balaban J connectivity index is 1.62. The summed E-state index contributed by atoms with van der Waals surface area (Å²) in [5.74, 6) is 0.930. The molecule has 4 nitrogen and oxygen atoms in total. The monoisotopic (exact) mass is 298 g/mol. The number of benzene rings is 1. The van der Waals surface area contributed by atoms with E-state index in [9.17, 15) is 0 Å². The normalized spacial score (nSPS) is 10.8. The molecule has 0 saturated heterocycles. The van der Waals surface area contributed by atoms with Crippen LogP contribution in [0.15, 0.2) is 42.0 Å². The van der Waals surface area contributed by atoms with Crippen LogP contribution in [0.25, 0.3) is 10.2 Å². The summed E-state index contributed by atoms with van der Waals surface area (Å²) in [6, 6.07) is 10.7. The summed E-state index contributed by atoms with van der Waals surface area (Å²) in [4.78, 5) is 10.7. The molecule has 5 heteroatoms. The van der Waals surface area contributed by atoms with Crippen molar-refractivity contribution in [1.29, 1.82) is 0 Å². The predicted octanol–water partition coefficient (Wildman–Crippen LogP) is 3.41. The molecular formula is C16H18N4S. The average molecular weight is 298 g/mol. The summed E-state index contributed by atoms with van der Waals surface area (Å²) in [6.07, 6.45) is 2.59. The minimum atomic E-state index is 0.866. The zero-order valence-electron chi connectivity index (χ0n) is 12.2. The molecular weight excluding hydrogens is 280 g/mol. The third-order valence-corrected chi connectivity index (χ3v) is 4.31. The molecule has 1 N–H and O–H groups in total. The highest BCUT2D eigenvalue weighted by Gasteiger charge is 2.04. The number of aromatic nitrogens is 2. The molecule has 0 unspecified atom stereocenters. The summed E-state index contributed by atoms with van der Waals surface area (Å²) in [5.41, 5.74) is 3.56. The molecule has 2 heterocycles. The highest BCUT2D eigenvalue weighted by molar-refractivity contribution is 7.17. The second-order valence-electron chi connectivity index (χ2n) is 5.09. The van der Waals surface area contributed by atoms with E-state index in [-0.39, 0.29) is 0 Å². The summed E-state index contributed by atoms with van der Waals surface area (Å²) >= 11 is 1.67. The van der Waals surface area contributed by atoms with Gasteiger partial charge in [-0.1, -0.05) is 12.1 Å². The number of thiophene rings is 1. The van der Waals surface area contributed by atoms with Gasteiger partial charge in [0.05, 0.1) is 10.2 Å². The van der Waals surface area contributed by atoms with E-state index in [1.165, 1.54) is 11.3 Å². The summed E-state index contributed by atoms with van der Waals surface area (Å²) in [6.45, 7) is 0.866. The van der Waals surface area contributed by atoms with Crippen molar-refractivity contribution in [3.63, 3.8) is 0 Å². The molecule has 2 aromatic heterocycles. The Morgan fingerprint density at radius 3 is 2.67 bits per heavy atom. The largest absolute Gasteiger partial charge is 0.378 e. The first kappa shape index (κ1) is 13.8. The molecule has 0 aliphatic rings. The van der Waals surface area contributed by atoms with Crippen molar-refractivity contribution in [2.45, 2.75) is 6.42 Å². The lowest BCUT2D eigenvalue weighted by molar-refractivity contribution is 1.00. The van der Waals surface area contributed by atoms with E-state index >= 15 is 0 Å². The smallest absolute Gasteiger partial charge is 0.147 e. The molecule has 1 aromatic carbocycles. The van der Waals surface area contributed by atoms with Crippen molar-refractivity contribution < 1.29 is 0 Å². The maximum Gasteiger partial charge on any atom is 0.147 e. The highest BCUT2D eigenvalue weighted by atomic mass is 32.1. The van der Waals surface area contributed by atoms with Crippen molar-refractivity contribution in [3.05, 3.63) is 47.6 Å². The van der Waals surface area contributed by atoms with Crippen LogP contribution >= 0.6 is 11.3 Å². The first-order chi connectivity index (χ1) is 10.2. The van der Waals surface area contributed by atoms with E-state index in [1.54, 1.807) is 17.7 Å². The maximum absolute atomic E-state index is 4.33. The number of hydrogen-bond donors (Lipinski definition) is 1. The van der Waals surface area contributed by atoms with E-state index in [2.05, 4.69) is 58.5 Å². The second-order valence-corrected chi connectivity index (χ2v) is 6.01. The van der Waals surface area contributed by atoms with Crippen molar-refractivity contribution >= 4 is 33.1 Å². The topological polar surface area (TPSA) is 41.0 Å². The Hall–Kier alpha value is -2.14. The minimum absolute atomic E-state index is 0.866. The van der Waals surface area contributed by atoms with E-state index in [0.29, 0.717) is 0 Å². The summed E-state index contributed by atoms with van der Waals surface area (Å²) in [7, 11) is 4.11. The van der Waals surface area contributed by atoms with Gasteiger partial charge in [-0.25, -0.2) is 9.97 Å². The molecule has 0 saturated carbocycles. The third kappa shape index (κ3) is 3.13. The van der Waals surface area contributed by atoms with Gasteiger partial charge in [0, 0.05) is 26.3 Å². The van der Waals surface area contributed by atoms with Crippen LogP contribution in [-0.2, 0) is 6.42 Å². The first-order valence-electron chi connectivity index (χ1n) is 6.92. The summed E-state index contributed by atoms with van der Waals surface area (Å²) < 4.78 is 1.13. The maximum atomic E-state index is 4.33. The van der Waals surface area contributed by atoms with Gasteiger partial charge >= 0.3 is 0 Å². The van der Waals surface area contributed by atoms with E-state index in [0.717, 1.165) is 29.0 Å². The van der Waals surface area contributed by atoms with Crippen molar-refractivity contribution in [2.24, 2.45) is 0 Å². The number of anilines is 2. The van der Waals surface area contributed by atoms with Crippen LogP contribution in [0.5, 0.6) is 0 Å². The van der Waals surface area contributed by atoms with Gasteiger partial charge < -0.3 is 10.2 Å². The number of hydrogen-bond acceptors (Lipinski definition) is 5. The Labute approximate surface area is 128 Å². The lowest BCUT2D eigenvalue weighted by atomic mass is 10.1. The van der Waals surface area contributed by atoms with Gasteiger partial charge in [-0.3, -0.25) is 0 Å². The third-order valence-electron chi connectivity index (χ3n) is 3.40. The van der Waals surface area contributed by atoms with Crippen molar-refractivity contribution in [1.82, 2.24) is 9.97 Å². The molecule has 0 aliphatic heterocycles. The fourth-order valence-electron chi connectivity index (χ4n) is 2.20. The number of rotatable bonds is 5. The molecule has 0 fully saturated rings. The van der Waals surface area contributed by atoms with Gasteiger partial charge in [0.1, 0.15) is 12.1 Å². The molecule has 0 amide bonds. The van der Waals surface area contributed by atoms with Gasteiger partial charge in [-0.2, -0.15) is 0 Å². The molecule has 0 radical (unpaired) electrons. The van der Waals surface area contributed by atoms with Crippen molar-refractivity contribution in [2.75, 3.05) is 30.9 Å². The Morgan fingerprint density at radius 1 is 1.10 bits per heavy atom. The number of fused-ring (bicyclic) bond motifs is 1. The number of nitrogens with zero attached hydrogens (tertiary/aromatic N) is 3. The van der Waals surface area contributed by atoms with Crippen LogP contribution in [0.2, 0.25) is 0 Å². The molecule has 108 valence electrons. The second kappa shape index (κ2) is 6.10. The SMILES string of the molecule is CN(C)c1ccc(CCNc2ncnc3ccsc23)cc1. The first-order valence-corrected chi connectivity index (χ1v) is 7.80. The quantitative estimate of drug-likeness (QED) is 0.783. The van der Waals surface area contributed by atoms with Crippen LogP contribution in [0.3, 0.4) is 0 Å². The lowest BCUT2D eigenvalue weighted by Gasteiger charge is -2.12. The standard InChI is InChI=1S/C16H18N4S/c1-20(2)13-5-3-12(4-6-13)7-9-17-16-15-14(8-10-21-15)18-11-19-16/h3-6,8,10-11H,7,9H2,1-2H3,(H,17,18,19). The molecule has 0 spiro atoms. The molecule has 0 aliphatic carbocycles. The minimum Gasteiger partial charge on any atom is -0.378 e. The van der Waals surface area contributed by atoms with Gasteiger partial charge in [-0.05, 0) is 35.6 Å². The average Bonchev–Trinajstić information content (AvgIpc) is 2.97. The fraction of sp³-hybridized carbons (Fsp3) is 0.250. The lowest BCUT2D eigenvalue weighted by Crippen LogP contribution is -2.09. The van der Waals surface area contributed by atoms with Gasteiger partial charge in [0.15, 0.2) is 0 Å². The number of nitrogens with one attached hydrogen (secondary N) is 1. The fourth-order valence-corrected chi connectivity index (χ4v) is 3.01. The molecule has 21 heavy (non-hydrogen) atoms. The van der Waals surface area contributed by atoms with Crippen LogP contribution in [0.1, 0.15) is 5.56 Å². The Morgan fingerprint density at radius 2 is 1.90 bits per heavy atom. The Bertz CT molecular complexity index is 718. The van der Waals surface area contributed by atoms with Crippen LogP contribution in [0, 0.1) is 0 Å². The molecule has 3 rings (SSSR count).